The van der Waals surface area contributed by atoms with Crippen LogP contribution in [0.1, 0.15) is 132 Å². The van der Waals surface area contributed by atoms with E-state index in [1.807, 2.05) is 0 Å². The van der Waals surface area contributed by atoms with Crippen molar-refractivity contribution in [2.75, 3.05) is 6.61 Å². The lowest BCUT2D eigenvalue weighted by molar-refractivity contribution is -0.134. The Balaban J connectivity index is 4.70. The summed E-state index contributed by atoms with van der Waals surface area (Å²) in [7, 11) is -4.26. The number of hydrogen-bond donors (Lipinski definition) is 1. The van der Waals surface area contributed by atoms with Crippen molar-refractivity contribution in [3.8, 4) is 0 Å². The average molecular weight is 545 g/mol. The van der Waals surface area contributed by atoms with Gasteiger partial charge >= 0.3 is 0 Å². The molecule has 0 spiro atoms. The third-order valence-corrected chi connectivity index (χ3v) is 17.6. The van der Waals surface area contributed by atoms with E-state index in [4.69, 9.17) is 8.85 Å². The molecule has 1 N–H and O–H groups in total. The highest BCUT2D eigenvalue weighted by Crippen LogP contribution is 2.39. The minimum atomic E-state index is -2.21. The van der Waals surface area contributed by atoms with Crippen LogP contribution < -0.4 is 0 Å². The van der Waals surface area contributed by atoms with E-state index in [2.05, 4.69) is 74.7 Å². The zero-order chi connectivity index (χ0) is 28.0. The maximum Gasteiger partial charge on any atom is 0.193 e. The lowest BCUT2D eigenvalue weighted by Gasteiger charge is -2.40. The van der Waals surface area contributed by atoms with Crippen molar-refractivity contribution in [2.24, 2.45) is 0 Å². The molecule has 0 heterocycles. The lowest BCUT2D eigenvalue weighted by Crippen LogP contribution is -2.52. The Hall–Kier alpha value is -0.0162. The van der Waals surface area contributed by atoms with Gasteiger partial charge in [-0.25, -0.2) is 0 Å². The van der Waals surface area contributed by atoms with Crippen LogP contribution >= 0.6 is 0 Å². The molecule has 0 aliphatic heterocycles. The predicted octanol–water partition coefficient (Wildman–Crippen LogP) is 9.42. The molecular formula is C30H64O4Si2. The molecule has 0 amide bonds. The molecule has 0 rings (SSSR count). The number of carbonyl (C=O) groups excluding carboxylic acids is 1. The van der Waals surface area contributed by atoms with Gasteiger partial charge in [0.25, 0.3) is 0 Å². The second kappa shape index (κ2) is 16.8. The Kier molecular flexibility index (Phi) is 16.8. The summed E-state index contributed by atoms with van der Waals surface area (Å²) in [5.74, 6) is -0.101. The molecule has 0 aliphatic carbocycles. The molecule has 6 heteroatoms. The average Bonchev–Trinajstić information content (AvgIpc) is 2.75. The molecule has 0 radical (unpaired) electrons. The molecule has 0 aromatic heterocycles. The normalized spacial score (nSPS) is 15.2. The quantitative estimate of drug-likeness (QED) is 0.122. The summed E-state index contributed by atoms with van der Waals surface area (Å²) in [5.41, 5.74) is 0. The van der Waals surface area contributed by atoms with Gasteiger partial charge in [-0.05, 0) is 42.7 Å². The van der Waals surface area contributed by atoms with E-state index in [1.54, 1.807) is 0 Å². The first kappa shape index (κ1) is 36.0. The molecule has 0 saturated heterocycles. The summed E-state index contributed by atoms with van der Waals surface area (Å²) < 4.78 is 12.7. The Labute approximate surface area is 228 Å². The molecule has 216 valence electrons. The molecule has 0 fully saturated rings. The first-order valence-electron chi connectivity index (χ1n) is 15.0. The number of aliphatic hydroxyl groups is 1. The van der Waals surface area contributed by atoms with Crippen LogP contribution in [-0.2, 0) is 13.6 Å². The number of rotatable bonds is 20. The SMILES string of the molecule is CCCCCCCCCCCCCC[C@H](O)[C@@H](O[Si](C)(C)C(C)(C)C)C(=O)CO[Si](C)(C)C(C)(C)C. The zero-order valence-electron chi connectivity index (χ0n) is 26.2. The molecule has 0 aromatic carbocycles. The molecule has 4 nitrogen and oxygen atoms in total. The van der Waals surface area contributed by atoms with Gasteiger partial charge in [0.1, 0.15) is 6.10 Å². The summed E-state index contributed by atoms with van der Waals surface area (Å²) in [6, 6.07) is 0. The van der Waals surface area contributed by atoms with Gasteiger partial charge in [0.05, 0.1) is 12.7 Å². The van der Waals surface area contributed by atoms with E-state index >= 15 is 0 Å². The zero-order valence-corrected chi connectivity index (χ0v) is 28.2. The number of ketones is 1. The smallest absolute Gasteiger partial charge is 0.193 e. The summed E-state index contributed by atoms with van der Waals surface area (Å²) in [5, 5.41) is 11.1. The van der Waals surface area contributed by atoms with Crippen LogP contribution in [0.4, 0.5) is 0 Å². The van der Waals surface area contributed by atoms with Crippen molar-refractivity contribution in [2.45, 2.75) is 180 Å². The highest BCUT2D eigenvalue weighted by atomic mass is 28.4. The van der Waals surface area contributed by atoms with Crippen molar-refractivity contribution in [3.63, 3.8) is 0 Å². The Morgan fingerprint density at radius 3 is 1.47 bits per heavy atom. The van der Waals surface area contributed by atoms with Crippen molar-refractivity contribution < 1.29 is 18.8 Å². The monoisotopic (exact) mass is 544 g/mol. The van der Waals surface area contributed by atoms with E-state index in [9.17, 15) is 9.90 Å². The van der Waals surface area contributed by atoms with E-state index in [1.165, 1.54) is 64.2 Å². The standard InChI is InChI=1S/C30H64O4Si2/c1-12-13-14-15-16-17-18-19-20-21-22-23-24-26(31)28(34-36(10,11)30(5,6)7)27(32)25-33-35(8,9)29(2,3)4/h26,28,31H,12-25H2,1-11H3/t26-,28+/m0/s1. The van der Waals surface area contributed by atoms with Crippen LogP contribution in [-0.4, -0.2) is 46.3 Å². The van der Waals surface area contributed by atoms with E-state index in [0.717, 1.165) is 12.8 Å². The second-order valence-electron chi connectivity index (χ2n) is 14.1. The fraction of sp³-hybridized carbons (Fsp3) is 0.967. The summed E-state index contributed by atoms with van der Waals surface area (Å²) in [6.45, 7) is 24.0. The van der Waals surface area contributed by atoms with Gasteiger partial charge < -0.3 is 14.0 Å². The summed E-state index contributed by atoms with van der Waals surface area (Å²) in [4.78, 5) is 13.3. The van der Waals surface area contributed by atoms with E-state index in [0.29, 0.717) is 6.42 Å². The van der Waals surface area contributed by atoms with Crippen molar-refractivity contribution >= 4 is 22.4 Å². The van der Waals surface area contributed by atoms with Crippen LogP contribution in [0.25, 0.3) is 0 Å². The van der Waals surface area contributed by atoms with Crippen LogP contribution in [0.15, 0.2) is 0 Å². The van der Waals surface area contributed by atoms with Gasteiger partial charge in [0, 0.05) is 0 Å². The minimum Gasteiger partial charge on any atom is -0.409 e. The Morgan fingerprint density at radius 2 is 1.08 bits per heavy atom. The molecule has 0 aliphatic rings. The number of aliphatic hydroxyl groups excluding tert-OH is 1. The Bertz CT molecular complexity index is 591. The van der Waals surface area contributed by atoms with Crippen LogP contribution in [0, 0.1) is 0 Å². The van der Waals surface area contributed by atoms with Gasteiger partial charge in [-0.1, -0.05) is 126 Å². The summed E-state index contributed by atoms with van der Waals surface area (Å²) >= 11 is 0. The van der Waals surface area contributed by atoms with Gasteiger partial charge in [-0.15, -0.1) is 0 Å². The van der Waals surface area contributed by atoms with E-state index in [-0.39, 0.29) is 22.5 Å². The fourth-order valence-electron chi connectivity index (χ4n) is 3.75. The molecule has 0 aromatic rings. The van der Waals surface area contributed by atoms with Gasteiger partial charge in [0.2, 0.25) is 0 Å². The highest BCUT2D eigenvalue weighted by molar-refractivity contribution is 6.74. The highest BCUT2D eigenvalue weighted by Gasteiger charge is 2.43. The lowest BCUT2D eigenvalue weighted by atomic mass is 10.0. The minimum absolute atomic E-state index is 0.0263. The van der Waals surface area contributed by atoms with E-state index < -0.39 is 28.8 Å². The molecule has 36 heavy (non-hydrogen) atoms. The molecule has 2 atom stereocenters. The number of unbranched alkanes of at least 4 members (excludes halogenated alkanes) is 11. The maximum absolute atomic E-state index is 13.3. The van der Waals surface area contributed by atoms with Gasteiger partial charge in [-0.2, -0.15) is 0 Å². The Morgan fingerprint density at radius 1 is 0.694 bits per heavy atom. The largest absolute Gasteiger partial charge is 0.409 e. The molecule has 0 bridgehead atoms. The first-order chi connectivity index (χ1) is 16.5. The molecule has 0 unspecified atom stereocenters. The van der Waals surface area contributed by atoms with Crippen molar-refractivity contribution in [3.05, 3.63) is 0 Å². The predicted molar refractivity (Wildman–Crippen MR) is 162 cm³/mol. The van der Waals surface area contributed by atoms with Crippen molar-refractivity contribution in [1.82, 2.24) is 0 Å². The summed E-state index contributed by atoms with van der Waals surface area (Å²) in [6.07, 6.45) is 14.5. The molecular weight excluding hydrogens is 480 g/mol. The molecule has 0 saturated carbocycles. The third kappa shape index (κ3) is 14.2. The fourth-order valence-corrected chi connectivity index (χ4v) is 5.96. The third-order valence-electron chi connectivity index (χ3n) is 8.63. The second-order valence-corrected chi connectivity index (χ2v) is 23.6. The van der Waals surface area contributed by atoms with Crippen LogP contribution in [0.3, 0.4) is 0 Å². The topological polar surface area (TPSA) is 55.8 Å². The van der Waals surface area contributed by atoms with Crippen LogP contribution in [0.5, 0.6) is 0 Å². The number of carbonyl (C=O) groups is 1. The van der Waals surface area contributed by atoms with Crippen LogP contribution in [0.2, 0.25) is 36.3 Å². The number of hydrogen-bond acceptors (Lipinski definition) is 4. The maximum atomic E-state index is 13.3. The first-order valence-corrected chi connectivity index (χ1v) is 20.8. The van der Waals surface area contributed by atoms with Gasteiger partial charge in [0.15, 0.2) is 22.4 Å². The van der Waals surface area contributed by atoms with Crippen molar-refractivity contribution in [1.29, 1.82) is 0 Å². The number of Topliss-reactive ketones (excluding diaryl/α,β-unsaturated/α-hetero) is 1. The van der Waals surface area contributed by atoms with Gasteiger partial charge in [-0.3, -0.25) is 4.79 Å².